The smallest absolute Gasteiger partial charge is 0.274 e. The number of nitrogens with zero attached hydrogens (tertiary/aromatic N) is 2. The first-order valence-electron chi connectivity index (χ1n) is 9.83. The number of carbonyl (C=O) groups excluding carboxylic acids is 1. The lowest BCUT2D eigenvalue weighted by Crippen LogP contribution is -2.57. The highest BCUT2D eigenvalue weighted by Crippen LogP contribution is 2.42. The Labute approximate surface area is 184 Å². The molecule has 0 fully saturated rings. The van der Waals surface area contributed by atoms with Crippen LogP contribution in [0.4, 0.5) is 10.1 Å². The van der Waals surface area contributed by atoms with Gasteiger partial charge >= 0.3 is 0 Å². The molecule has 2 aliphatic rings. The number of alkyl halides is 1. The minimum atomic E-state index is -3.62. The highest BCUT2D eigenvalue weighted by molar-refractivity contribution is 7.93. The zero-order valence-electron chi connectivity index (χ0n) is 17.6. The van der Waals surface area contributed by atoms with Crippen molar-refractivity contribution in [3.05, 3.63) is 53.3 Å². The molecule has 170 valence electrons. The van der Waals surface area contributed by atoms with Gasteiger partial charge in [-0.05, 0) is 49.2 Å². The van der Waals surface area contributed by atoms with Gasteiger partial charge in [-0.1, -0.05) is 6.07 Å². The number of anilines is 1. The fourth-order valence-corrected chi connectivity index (χ4v) is 5.40. The summed E-state index contributed by atoms with van der Waals surface area (Å²) in [7, 11) is -3.62. The first-order valence-corrected chi connectivity index (χ1v) is 11.5. The number of ether oxygens (including phenoxy) is 2. The predicted molar refractivity (Wildman–Crippen MR) is 116 cm³/mol. The Balaban J connectivity index is 1.67. The van der Waals surface area contributed by atoms with Crippen molar-refractivity contribution in [2.75, 3.05) is 24.5 Å². The maximum absolute atomic E-state index is 13.0. The lowest BCUT2D eigenvalue weighted by atomic mass is 9.86. The molecule has 3 N–H and O–H groups in total. The van der Waals surface area contributed by atoms with Crippen molar-refractivity contribution in [2.24, 2.45) is 10.7 Å². The zero-order valence-corrected chi connectivity index (χ0v) is 18.4. The number of halogens is 1. The lowest BCUT2D eigenvalue weighted by Gasteiger charge is -2.42. The van der Waals surface area contributed by atoms with Crippen molar-refractivity contribution < 1.29 is 27.1 Å². The molecule has 0 saturated carbocycles. The van der Waals surface area contributed by atoms with E-state index in [2.05, 4.69) is 20.0 Å². The monoisotopic (exact) mass is 462 g/mol. The molecule has 4 rings (SSSR count). The topological polar surface area (TPSA) is 133 Å². The van der Waals surface area contributed by atoms with Crippen molar-refractivity contribution in [1.29, 1.82) is 0 Å². The fourth-order valence-electron chi connectivity index (χ4n) is 3.74. The molecule has 1 unspecified atom stereocenters. The Kier molecular flexibility index (Phi) is 5.41. The van der Waals surface area contributed by atoms with Crippen molar-refractivity contribution in [3.8, 4) is 5.75 Å². The summed E-state index contributed by atoms with van der Waals surface area (Å²) in [6.45, 7) is 2.43. The van der Waals surface area contributed by atoms with E-state index in [4.69, 9.17) is 10.5 Å². The minimum Gasteiger partial charge on any atom is -0.461 e. The van der Waals surface area contributed by atoms with Crippen LogP contribution in [0.2, 0.25) is 0 Å². The Bertz CT molecular complexity index is 1200. The summed E-state index contributed by atoms with van der Waals surface area (Å²) in [4.78, 5) is 21.2. The highest BCUT2D eigenvalue weighted by Gasteiger charge is 2.52. The third-order valence-corrected chi connectivity index (χ3v) is 8.44. The summed E-state index contributed by atoms with van der Waals surface area (Å²) in [5.41, 5.74) is 6.86. The van der Waals surface area contributed by atoms with Crippen LogP contribution in [0.1, 0.15) is 35.5 Å². The third kappa shape index (κ3) is 3.71. The average molecular weight is 463 g/mol. The number of sulfone groups is 1. The molecule has 0 bridgehead atoms. The number of hydrogen-bond acceptors (Lipinski definition) is 8. The maximum atomic E-state index is 13.0. The van der Waals surface area contributed by atoms with Gasteiger partial charge in [0.15, 0.2) is 9.84 Å². The molecule has 1 atom stereocenters. The van der Waals surface area contributed by atoms with Crippen molar-refractivity contribution in [3.63, 3.8) is 0 Å². The molecule has 0 saturated heterocycles. The van der Waals surface area contributed by atoms with Gasteiger partial charge in [0.25, 0.3) is 5.91 Å². The first-order chi connectivity index (χ1) is 15.1. The van der Waals surface area contributed by atoms with Gasteiger partial charge in [-0.2, -0.15) is 0 Å². The second kappa shape index (κ2) is 7.82. The molecule has 0 radical (unpaired) electrons. The number of pyridine rings is 1. The number of nitrogens with two attached hydrogens (primary N) is 1. The van der Waals surface area contributed by atoms with Crippen molar-refractivity contribution in [2.45, 2.75) is 30.7 Å². The molecule has 11 heteroatoms. The van der Waals surface area contributed by atoms with E-state index < -0.39 is 32.9 Å². The Morgan fingerprint density at radius 2 is 2.09 bits per heavy atom. The third-order valence-electron chi connectivity index (χ3n) is 5.82. The van der Waals surface area contributed by atoms with E-state index in [0.717, 1.165) is 5.56 Å². The Morgan fingerprint density at radius 3 is 2.75 bits per heavy atom. The van der Waals surface area contributed by atoms with Gasteiger partial charge < -0.3 is 20.5 Å². The fraction of sp³-hybridized carbons (Fsp3) is 0.381. The van der Waals surface area contributed by atoms with Crippen molar-refractivity contribution in [1.82, 2.24) is 4.98 Å². The second-order valence-corrected chi connectivity index (χ2v) is 10.8. The Morgan fingerprint density at radius 1 is 1.31 bits per heavy atom. The summed E-state index contributed by atoms with van der Waals surface area (Å²) >= 11 is 0. The molecule has 2 aromatic rings. The molecule has 9 nitrogen and oxygen atoms in total. The molecular weight excluding hydrogens is 439 g/mol. The maximum Gasteiger partial charge on any atom is 0.274 e. The summed E-state index contributed by atoms with van der Waals surface area (Å²) < 4.78 is 47.3. The van der Waals surface area contributed by atoms with Gasteiger partial charge in [-0.15, -0.1) is 0 Å². The van der Waals surface area contributed by atoms with Gasteiger partial charge in [0.2, 0.25) is 6.86 Å². The van der Waals surface area contributed by atoms with Crippen LogP contribution in [-0.4, -0.2) is 49.1 Å². The number of fused-ring (bicyclic) bond motifs is 2. The largest absolute Gasteiger partial charge is 0.461 e. The van der Waals surface area contributed by atoms with Crippen LogP contribution in [-0.2, 0) is 26.7 Å². The molecule has 2 aliphatic heterocycles. The zero-order chi connectivity index (χ0) is 23.1. The van der Waals surface area contributed by atoms with Gasteiger partial charge in [0.05, 0.1) is 25.2 Å². The molecule has 1 amide bonds. The highest BCUT2D eigenvalue weighted by atomic mass is 32.2. The number of benzene rings is 1. The molecule has 0 aliphatic carbocycles. The molecule has 1 aromatic heterocycles. The summed E-state index contributed by atoms with van der Waals surface area (Å²) in [6, 6.07) is 7.99. The summed E-state index contributed by atoms with van der Waals surface area (Å²) in [5, 5.41) is 2.74. The van der Waals surface area contributed by atoms with Crippen LogP contribution in [0.15, 0.2) is 41.5 Å². The predicted octanol–water partition coefficient (Wildman–Crippen LogP) is 1.93. The molecular formula is C21H23FN4O5S. The normalized spacial score (nSPS) is 23.2. The lowest BCUT2D eigenvalue weighted by molar-refractivity contribution is 0.0610. The van der Waals surface area contributed by atoms with Gasteiger partial charge in [-0.25, -0.2) is 17.8 Å². The van der Waals surface area contributed by atoms with E-state index in [-0.39, 0.29) is 29.6 Å². The van der Waals surface area contributed by atoms with Crippen LogP contribution >= 0.6 is 0 Å². The minimum absolute atomic E-state index is 0.0226. The average Bonchev–Trinajstić information content (AvgIpc) is 2.74. The van der Waals surface area contributed by atoms with Crippen LogP contribution < -0.4 is 15.8 Å². The number of hydrogen-bond donors (Lipinski definition) is 2. The van der Waals surface area contributed by atoms with E-state index >= 15 is 0 Å². The van der Waals surface area contributed by atoms with E-state index in [0.29, 0.717) is 17.9 Å². The number of aromatic nitrogens is 1. The van der Waals surface area contributed by atoms with Crippen molar-refractivity contribution >= 4 is 27.3 Å². The molecule has 1 spiro atoms. The van der Waals surface area contributed by atoms with E-state index in [1.807, 2.05) is 0 Å². The standard InChI is InChI=1S/C21H23FN4O5S/c1-20(2)19(23)26-21(11-32(20,28)29)10-30-9-13-3-4-14(7-16(13)21)25-18(27)17-6-5-15(8-24-17)31-12-22/h3-8H,9-12H2,1-2H3,(H2,23,26)(H,25,27). The van der Waals surface area contributed by atoms with Crippen LogP contribution in [0.5, 0.6) is 5.75 Å². The van der Waals surface area contributed by atoms with Gasteiger partial charge in [-0.3, -0.25) is 9.79 Å². The number of carbonyl (C=O) groups is 1. The van der Waals surface area contributed by atoms with E-state index in [9.17, 15) is 17.6 Å². The van der Waals surface area contributed by atoms with E-state index in [1.165, 1.54) is 32.2 Å². The van der Waals surface area contributed by atoms with Gasteiger partial charge in [0, 0.05) is 5.69 Å². The van der Waals surface area contributed by atoms with Crippen LogP contribution in [0.25, 0.3) is 0 Å². The SMILES string of the molecule is CC1(C)C(N)=NC2(COCc3ccc(NC(=O)c4ccc(OCF)cn4)cc32)CS1(=O)=O. The first kappa shape index (κ1) is 22.2. The van der Waals surface area contributed by atoms with Crippen LogP contribution in [0.3, 0.4) is 0 Å². The number of rotatable bonds is 4. The summed E-state index contributed by atoms with van der Waals surface area (Å²) in [5.74, 6) is -0.514. The molecule has 32 heavy (non-hydrogen) atoms. The Hall–Kier alpha value is -3.05. The quantitative estimate of drug-likeness (QED) is 0.709. The van der Waals surface area contributed by atoms with Gasteiger partial charge in [0.1, 0.15) is 27.6 Å². The molecule has 1 aromatic carbocycles. The van der Waals surface area contributed by atoms with E-state index in [1.54, 1.807) is 18.2 Å². The van der Waals surface area contributed by atoms with Crippen LogP contribution in [0, 0.1) is 0 Å². The summed E-state index contributed by atoms with van der Waals surface area (Å²) in [6.07, 6.45) is 1.25. The molecule has 3 heterocycles. The second-order valence-electron chi connectivity index (χ2n) is 8.25. The number of amidine groups is 1. The number of aliphatic imine (C=N–C) groups is 1. The number of amides is 1. The number of nitrogens with one attached hydrogen (secondary N) is 1.